The van der Waals surface area contributed by atoms with Gasteiger partial charge in [0, 0.05) is 19.5 Å². The minimum absolute atomic E-state index is 0.0133. The average Bonchev–Trinajstić information content (AvgIpc) is 2.86. The number of para-hydroxylation sites is 1. The maximum atomic E-state index is 11.6. The van der Waals surface area contributed by atoms with Crippen molar-refractivity contribution in [2.75, 3.05) is 20.2 Å². The number of aromatic hydroxyl groups is 1. The second kappa shape index (κ2) is 13.4. The zero-order valence-electron chi connectivity index (χ0n) is 20.0. The molecule has 0 spiro atoms. The van der Waals surface area contributed by atoms with Gasteiger partial charge in [-0.15, -0.1) is 0 Å². The van der Waals surface area contributed by atoms with E-state index in [1.54, 1.807) is 13.2 Å². The number of nitrogens with one attached hydrogen (secondary N) is 1. The third-order valence-electron chi connectivity index (χ3n) is 5.77. The summed E-state index contributed by atoms with van der Waals surface area (Å²) in [5.41, 5.74) is 7.59. The molecule has 0 saturated heterocycles. The summed E-state index contributed by atoms with van der Waals surface area (Å²) in [6.45, 7) is 0.925. The van der Waals surface area contributed by atoms with E-state index >= 15 is 0 Å². The molecule has 0 fully saturated rings. The number of methoxy groups -OCH3 is 1. The van der Waals surface area contributed by atoms with Gasteiger partial charge in [-0.1, -0.05) is 48.5 Å². The van der Waals surface area contributed by atoms with E-state index < -0.39 is 12.0 Å². The van der Waals surface area contributed by atoms with Crippen molar-refractivity contribution in [1.29, 1.82) is 0 Å². The maximum absolute atomic E-state index is 11.6. The van der Waals surface area contributed by atoms with E-state index in [4.69, 9.17) is 15.2 Å². The summed E-state index contributed by atoms with van der Waals surface area (Å²) in [7, 11) is 1.67. The number of aliphatic hydroxyl groups excluding tert-OH is 1. The molecule has 0 saturated carbocycles. The van der Waals surface area contributed by atoms with Crippen LogP contribution >= 0.6 is 0 Å². The molecule has 186 valence electrons. The van der Waals surface area contributed by atoms with Crippen molar-refractivity contribution in [2.45, 2.75) is 37.9 Å². The number of phenols is 1. The molecular formula is C28H34N2O5. The molecule has 3 aromatic rings. The number of ether oxygens (including phenoxy) is 2. The molecule has 0 aliphatic rings. The molecule has 0 aromatic heterocycles. The lowest BCUT2D eigenvalue weighted by molar-refractivity contribution is 0.0996. The number of carbonyl (C=O) groups excluding carboxylic acids is 1. The third kappa shape index (κ3) is 8.31. The summed E-state index contributed by atoms with van der Waals surface area (Å²) in [6, 6.07) is 22.3. The van der Waals surface area contributed by atoms with E-state index in [1.165, 1.54) is 12.1 Å². The highest BCUT2D eigenvalue weighted by molar-refractivity contribution is 5.95. The molecule has 0 heterocycles. The van der Waals surface area contributed by atoms with Gasteiger partial charge >= 0.3 is 0 Å². The number of hydrogen-bond donors (Lipinski definition) is 4. The van der Waals surface area contributed by atoms with Crippen molar-refractivity contribution < 1.29 is 24.5 Å². The SMILES string of the molecule is COc1ccccc1CCCC(O)CNCC(Cc1ccccc1)Oc1ccc(O)c(C(N)=O)c1. The lowest BCUT2D eigenvalue weighted by Crippen LogP contribution is -2.37. The van der Waals surface area contributed by atoms with Crippen molar-refractivity contribution in [1.82, 2.24) is 5.32 Å². The quantitative estimate of drug-likeness (QED) is 0.282. The van der Waals surface area contributed by atoms with Gasteiger partial charge in [0.1, 0.15) is 23.4 Å². The lowest BCUT2D eigenvalue weighted by Gasteiger charge is -2.21. The van der Waals surface area contributed by atoms with Crippen molar-refractivity contribution in [3.05, 3.63) is 89.5 Å². The molecule has 1 amide bonds. The van der Waals surface area contributed by atoms with E-state index in [0.29, 0.717) is 31.7 Å². The van der Waals surface area contributed by atoms with Gasteiger partial charge in [0.15, 0.2) is 0 Å². The second-order valence-electron chi connectivity index (χ2n) is 8.49. The molecule has 0 radical (unpaired) electrons. The van der Waals surface area contributed by atoms with Crippen LogP contribution in [0.2, 0.25) is 0 Å². The van der Waals surface area contributed by atoms with E-state index in [-0.39, 0.29) is 17.4 Å². The fraction of sp³-hybridized carbons (Fsp3) is 0.321. The molecule has 7 heteroatoms. The molecule has 0 bridgehead atoms. The Kier molecular flexibility index (Phi) is 9.95. The first-order chi connectivity index (χ1) is 17.0. The number of rotatable bonds is 14. The fourth-order valence-corrected chi connectivity index (χ4v) is 3.96. The van der Waals surface area contributed by atoms with E-state index in [0.717, 1.165) is 29.7 Å². The number of primary amides is 1. The molecule has 0 aliphatic heterocycles. The van der Waals surface area contributed by atoms with Crippen LogP contribution < -0.4 is 20.5 Å². The Morgan fingerprint density at radius 2 is 1.77 bits per heavy atom. The Morgan fingerprint density at radius 3 is 2.51 bits per heavy atom. The highest BCUT2D eigenvalue weighted by Gasteiger charge is 2.16. The Balaban J connectivity index is 1.53. The van der Waals surface area contributed by atoms with Gasteiger partial charge in [-0.25, -0.2) is 0 Å². The number of aliphatic hydroxyl groups is 1. The molecule has 3 rings (SSSR count). The van der Waals surface area contributed by atoms with Crippen LogP contribution in [0.4, 0.5) is 0 Å². The third-order valence-corrected chi connectivity index (χ3v) is 5.77. The number of amides is 1. The standard InChI is InChI=1S/C28H34N2O5/c1-34-27-13-6-5-10-21(27)11-7-12-22(31)18-30-19-24(16-20-8-3-2-4-9-20)35-23-14-15-26(32)25(17-23)28(29)33/h2-6,8-10,13-15,17,22,24,30-32H,7,11-12,16,18-19H2,1H3,(H2,29,33). The first-order valence-corrected chi connectivity index (χ1v) is 11.8. The van der Waals surface area contributed by atoms with Crippen LogP contribution in [0.15, 0.2) is 72.8 Å². The Morgan fingerprint density at radius 1 is 1.03 bits per heavy atom. The largest absolute Gasteiger partial charge is 0.507 e. The zero-order chi connectivity index (χ0) is 25.0. The van der Waals surface area contributed by atoms with Gasteiger partial charge in [-0.3, -0.25) is 4.79 Å². The van der Waals surface area contributed by atoms with Gasteiger partial charge in [0.25, 0.3) is 5.91 Å². The van der Waals surface area contributed by atoms with Gasteiger partial charge in [-0.05, 0) is 54.7 Å². The number of nitrogens with two attached hydrogens (primary N) is 1. The summed E-state index contributed by atoms with van der Waals surface area (Å²) in [5, 5.41) is 23.6. The predicted octanol–water partition coefficient (Wildman–Crippen LogP) is 3.46. The summed E-state index contributed by atoms with van der Waals surface area (Å²) >= 11 is 0. The smallest absolute Gasteiger partial charge is 0.252 e. The van der Waals surface area contributed by atoms with Crippen LogP contribution in [-0.2, 0) is 12.8 Å². The van der Waals surface area contributed by atoms with Gasteiger partial charge in [0.05, 0.1) is 18.8 Å². The molecule has 0 aliphatic carbocycles. The van der Waals surface area contributed by atoms with E-state index in [9.17, 15) is 15.0 Å². The van der Waals surface area contributed by atoms with Crippen LogP contribution in [0.3, 0.4) is 0 Å². The Labute approximate surface area is 206 Å². The minimum atomic E-state index is -0.720. The average molecular weight is 479 g/mol. The van der Waals surface area contributed by atoms with Crippen LogP contribution in [0, 0.1) is 0 Å². The summed E-state index contributed by atoms with van der Waals surface area (Å²) < 4.78 is 11.5. The van der Waals surface area contributed by atoms with Gasteiger partial charge in [-0.2, -0.15) is 0 Å². The first-order valence-electron chi connectivity index (χ1n) is 11.8. The van der Waals surface area contributed by atoms with Crippen molar-refractivity contribution >= 4 is 5.91 Å². The molecule has 5 N–H and O–H groups in total. The monoisotopic (exact) mass is 478 g/mol. The topological polar surface area (TPSA) is 114 Å². The highest BCUT2D eigenvalue weighted by atomic mass is 16.5. The second-order valence-corrected chi connectivity index (χ2v) is 8.49. The first kappa shape index (κ1) is 26.1. The lowest BCUT2D eigenvalue weighted by atomic mass is 10.0. The summed E-state index contributed by atoms with van der Waals surface area (Å²) in [4.78, 5) is 11.6. The van der Waals surface area contributed by atoms with Crippen molar-refractivity contribution in [2.24, 2.45) is 5.73 Å². The van der Waals surface area contributed by atoms with E-state index in [1.807, 2.05) is 54.6 Å². The molecule has 2 atom stereocenters. The number of carbonyl (C=O) groups is 1. The van der Waals surface area contributed by atoms with Crippen LogP contribution in [0.5, 0.6) is 17.2 Å². The summed E-state index contributed by atoms with van der Waals surface area (Å²) in [5.74, 6) is 0.409. The number of hydrogen-bond acceptors (Lipinski definition) is 6. The van der Waals surface area contributed by atoms with Crippen LogP contribution in [-0.4, -0.2) is 48.5 Å². The minimum Gasteiger partial charge on any atom is -0.507 e. The maximum Gasteiger partial charge on any atom is 0.252 e. The molecule has 2 unspecified atom stereocenters. The molecule has 3 aromatic carbocycles. The van der Waals surface area contributed by atoms with Crippen molar-refractivity contribution in [3.8, 4) is 17.2 Å². The van der Waals surface area contributed by atoms with Crippen LogP contribution in [0.25, 0.3) is 0 Å². The highest BCUT2D eigenvalue weighted by Crippen LogP contribution is 2.24. The Bertz CT molecular complexity index is 1070. The van der Waals surface area contributed by atoms with Crippen molar-refractivity contribution in [3.63, 3.8) is 0 Å². The normalized spacial score (nSPS) is 12.6. The molecule has 35 heavy (non-hydrogen) atoms. The number of aryl methyl sites for hydroxylation is 1. The van der Waals surface area contributed by atoms with Gasteiger partial charge in [0.2, 0.25) is 0 Å². The molecule has 7 nitrogen and oxygen atoms in total. The number of benzene rings is 3. The fourth-order valence-electron chi connectivity index (χ4n) is 3.96. The Hall–Kier alpha value is -3.55. The zero-order valence-corrected chi connectivity index (χ0v) is 20.0. The molecular weight excluding hydrogens is 444 g/mol. The van der Waals surface area contributed by atoms with Crippen LogP contribution in [0.1, 0.15) is 34.3 Å². The van der Waals surface area contributed by atoms with E-state index in [2.05, 4.69) is 5.32 Å². The van der Waals surface area contributed by atoms with Gasteiger partial charge < -0.3 is 30.7 Å². The predicted molar refractivity (Wildman–Crippen MR) is 136 cm³/mol. The summed E-state index contributed by atoms with van der Waals surface area (Å²) in [6.07, 6.45) is 2.22.